The van der Waals surface area contributed by atoms with Crippen molar-refractivity contribution in [1.29, 1.82) is 0 Å². The summed E-state index contributed by atoms with van der Waals surface area (Å²) in [5, 5.41) is 9.13. The third kappa shape index (κ3) is 1.92. The maximum atomic E-state index is 9.13. The minimum absolute atomic E-state index is 0.0499. The average molecular weight is 183 g/mol. The predicted octanol–water partition coefficient (Wildman–Crippen LogP) is 1.61. The van der Waals surface area contributed by atoms with Gasteiger partial charge in [0.2, 0.25) is 0 Å². The molecular formula is C10H17NO2. The Balaban J connectivity index is 2.91. The Morgan fingerprint density at radius 2 is 2.23 bits per heavy atom. The summed E-state index contributed by atoms with van der Waals surface area (Å²) in [6.45, 7) is 5.83. The number of aryl methyl sites for hydroxylation is 1. The molecule has 0 saturated carbocycles. The lowest BCUT2D eigenvalue weighted by molar-refractivity contribution is 0.122. The van der Waals surface area contributed by atoms with E-state index in [1.165, 1.54) is 0 Å². The molecule has 1 atom stereocenters. The van der Waals surface area contributed by atoms with Crippen molar-refractivity contribution in [3.05, 3.63) is 23.7 Å². The summed E-state index contributed by atoms with van der Waals surface area (Å²) < 4.78 is 5.28. The van der Waals surface area contributed by atoms with Gasteiger partial charge in [-0.1, -0.05) is 13.8 Å². The lowest BCUT2D eigenvalue weighted by Gasteiger charge is -2.28. The van der Waals surface area contributed by atoms with Crippen molar-refractivity contribution in [1.82, 2.24) is 0 Å². The molecule has 0 bridgehead atoms. The van der Waals surface area contributed by atoms with Crippen LogP contribution in [0.2, 0.25) is 0 Å². The Morgan fingerprint density at radius 3 is 2.62 bits per heavy atom. The van der Waals surface area contributed by atoms with Crippen molar-refractivity contribution >= 4 is 0 Å². The first-order chi connectivity index (χ1) is 5.99. The maximum absolute atomic E-state index is 9.13. The van der Waals surface area contributed by atoms with Crippen LogP contribution in [0.4, 0.5) is 0 Å². The van der Waals surface area contributed by atoms with Gasteiger partial charge in [-0.2, -0.15) is 0 Å². The van der Waals surface area contributed by atoms with Crippen LogP contribution in [0.15, 0.2) is 16.7 Å². The number of aliphatic hydroxyl groups is 1. The molecule has 0 aliphatic heterocycles. The van der Waals surface area contributed by atoms with E-state index in [2.05, 4.69) is 0 Å². The SMILES string of the molecule is Cc1ccoc1C(N)C(C)(C)CO. The third-order valence-corrected chi connectivity index (χ3v) is 2.43. The highest BCUT2D eigenvalue weighted by Gasteiger charge is 2.29. The fraction of sp³-hybridized carbons (Fsp3) is 0.600. The van der Waals surface area contributed by atoms with Gasteiger partial charge in [-0.3, -0.25) is 0 Å². The molecule has 0 aliphatic carbocycles. The van der Waals surface area contributed by atoms with E-state index in [9.17, 15) is 0 Å². The molecule has 0 aliphatic rings. The third-order valence-electron chi connectivity index (χ3n) is 2.43. The Hall–Kier alpha value is -0.800. The van der Waals surface area contributed by atoms with Crippen LogP contribution >= 0.6 is 0 Å². The van der Waals surface area contributed by atoms with Gasteiger partial charge in [0.1, 0.15) is 5.76 Å². The van der Waals surface area contributed by atoms with Gasteiger partial charge < -0.3 is 15.3 Å². The van der Waals surface area contributed by atoms with Gasteiger partial charge in [-0.15, -0.1) is 0 Å². The Labute approximate surface area is 78.5 Å². The highest BCUT2D eigenvalue weighted by Crippen LogP contribution is 2.32. The van der Waals surface area contributed by atoms with Crippen molar-refractivity contribution in [3.8, 4) is 0 Å². The largest absolute Gasteiger partial charge is 0.467 e. The smallest absolute Gasteiger partial charge is 0.123 e. The second kappa shape index (κ2) is 3.52. The van der Waals surface area contributed by atoms with Gasteiger partial charge in [0, 0.05) is 5.41 Å². The minimum Gasteiger partial charge on any atom is -0.467 e. The van der Waals surface area contributed by atoms with Crippen LogP contribution in [-0.4, -0.2) is 11.7 Å². The molecule has 0 spiro atoms. The second-order valence-corrected chi connectivity index (χ2v) is 4.09. The van der Waals surface area contributed by atoms with E-state index in [-0.39, 0.29) is 18.1 Å². The number of hydrogen-bond donors (Lipinski definition) is 2. The quantitative estimate of drug-likeness (QED) is 0.748. The van der Waals surface area contributed by atoms with E-state index < -0.39 is 0 Å². The van der Waals surface area contributed by atoms with E-state index >= 15 is 0 Å². The van der Waals surface area contributed by atoms with E-state index in [0.717, 1.165) is 11.3 Å². The van der Waals surface area contributed by atoms with Crippen LogP contribution in [0.25, 0.3) is 0 Å². The topological polar surface area (TPSA) is 59.4 Å². The molecule has 3 heteroatoms. The Bertz CT molecular complexity index is 278. The first-order valence-electron chi connectivity index (χ1n) is 4.39. The van der Waals surface area contributed by atoms with Crippen molar-refractivity contribution in [3.63, 3.8) is 0 Å². The molecule has 74 valence electrons. The van der Waals surface area contributed by atoms with Crippen LogP contribution in [0.1, 0.15) is 31.2 Å². The summed E-state index contributed by atoms with van der Waals surface area (Å²) in [6.07, 6.45) is 1.62. The molecule has 1 heterocycles. The summed E-state index contributed by atoms with van der Waals surface area (Å²) in [7, 11) is 0. The molecule has 1 unspecified atom stereocenters. The molecule has 13 heavy (non-hydrogen) atoms. The number of hydrogen-bond acceptors (Lipinski definition) is 3. The van der Waals surface area contributed by atoms with Crippen LogP contribution in [0.5, 0.6) is 0 Å². The van der Waals surface area contributed by atoms with Crippen LogP contribution in [0.3, 0.4) is 0 Å². The molecule has 3 nitrogen and oxygen atoms in total. The van der Waals surface area contributed by atoms with Crippen molar-refractivity contribution in [2.24, 2.45) is 11.1 Å². The standard InChI is InChI=1S/C10H17NO2/c1-7-4-5-13-8(7)9(11)10(2,3)6-12/h4-5,9,12H,6,11H2,1-3H3. The summed E-state index contributed by atoms with van der Waals surface area (Å²) in [5.41, 5.74) is 6.67. The van der Waals surface area contributed by atoms with Crippen molar-refractivity contribution in [2.75, 3.05) is 6.61 Å². The fourth-order valence-corrected chi connectivity index (χ4v) is 1.16. The Morgan fingerprint density at radius 1 is 1.62 bits per heavy atom. The highest BCUT2D eigenvalue weighted by atomic mass is 16.3. The molecule has 0 aromatic carbocycles. The number of furan rings is 1. The summed E-state index contributed by atoms with van der Waals surface area (Å²) in [5.74, 6) is 0.763. The lowest BCUT2D eigenvalue weighted by atomic mass is 9.83. The van der Waals surface area contributed by atoms with E-state index in [1.54, 1.807) is 6.26 Å². The zero-order valence-corrected chi connectivity index (χ0v) is 8.37. The van der Waals surface area contributed by atoms with Gasteiger partial charge in [0.25, 0.3) is 0 Å². The molecule has 0 saturated heterocycles. The number of nitrogens with two attached hydrogens (primary N) is 1. The average Bonchev–Trinajstić information content (AvgIpc) is 2.50. The first kappa shape index (κ1) is 10.3. The monoisotopic (exact) mass is 183 g/mol. The van der Waals surface area contributed by atoms with Gasteiger partial charge in [0.05, 0.1) is 18.9 Å². The van der Waals surface area contributed by atoms with Gasteiger partial charge in [-0.25, -0.2) is 0 Å². The van der Waals surface area contributed by atoms with Crippen LogP contribution < -0.4 is 5.73 Å². The molecule has 0 fully saturated rings. The molecule has 0 amide bonds. The molecule has 1 aromatic rings. The van der Waals surface area contributed by atoms with E-state index in [4.69, 9.17) is 15.3 Å². The van der Waals surface area contributed by atoms with Gasteiger partial charge in [0.15, 0.2) is 0 Å². The molecule has 3 N–H and O–H groups in total. The minimum atomic E-state index is -0.345. The van der Waals surface area contributed by atoms with Gasteiger partial charge in [-0.05, 0) is 18.6 Å². The van der Waals surface area contributed by atoms with Crippen molar-refractivity contribution in [2.45, 2.75) is 26.8 Å². The zero-order valence-electron chi connectivity index (χ0n) is 8.37. The summed E-state index contributed by atoms with van der Waals surface area (Å²) >= 11 is 0. The second-order valence-electron chi connectivity index (χ2n) is 4.09. The van der Waals surface area contributed by atoms with Crippen LogP contribution in [0, 0.1) is 12.3 Å². The molecule has 0 radical (unpaired) electrons. The maximum Gasteiger partial charge on any atom is 0.123 e. The first-order valence-corrected chi connectivity index (χ1v) is 4.39. The van der Waals surface area contributed by atoms with Crippen molar-refractivity contribution < 1.29 is 9.52 Å². The number of rotatable bonds is 3. The van der Waals surface area contributed by atoms with E-state index in [1.807, 2.05) is 26.8 Å². The summed E-state index contributed by atoms with van der Waals surface area (Å²) in [6, 6.07) is 1.62. The Kier molecular flexibility index (Phi) is 2.78. The van der Waals surface area contributed by atoms with Gasteiger partial charge >= 0.3 is 0 Å². The number of aliphatic hydroxyl groups excluding tert-OH is 1. The summed E-state index contributed by atoms with van der Waals surface area (Å²) in [4.78, 5) is 0. The van der Waals surface area contributed by atoms with E-state index in [0.29, 0.717) is 0 Å². The molecule has 1 rings (SSSR count). The normalized spacial score (nSPS) is 14.5. The molecule has 1 aromatic heterocycles. The predicted molar refractivity (Wildman–Crippen MR) is 51.2 cm³/mol. The molecular weight excluding hydrogens is 166 g/mol. The highest BCUT2D eigenvalue weighted by molar-refractivity contribution is 5.19. The zero-order chi connectivity index (χ0) is 10.1. The fourth-order valence-electron chi connectivity index (χ4n) is 1.16. The van der Waals surface area contributed by atoms with Crippen LogP contribution in [-0.2, 0) is 0 Å². The lowest BCUT2D eigenvalue weighted by Crippen LogP contribution is -2.32.